The first-order chi connectivity index (χ1) is 6.65. The first kappa shape index (κ1) is 11.9. The number of hydrogen-bond donors (Lipinski definition) is 1. The predicted molar refractivity (Wildman–Crippen MR) is 50.9 cm³/mol. The van der Waals surface area contributed by atoms with Crippen molar-refractivity contribution in [1.82, 2.24) is 0 Å². The molecule has 0 aromatic rings. The summed E-state index contributed by atoms with van der Waals surface area (Å²) >= 11 is 0. The summed E-state index contributed by atoms with van der Waals surface area (Å²) in [6.07, 6.45) is -1.19. The van der Waals surface area contributed by atoms with E-state index in [2.05, 4.69) is 0 Å². The monoisotopic (exact) mass is 205 g/mol. The third-order valence-electron chi connectivity index (χ3n) is 2.62. The SMILES string of the molecule is CO[C@@H]1[C@@H](OC)[C@H](C)O[C@@H](N)[C@@H]1OC. The summed E-state index contributed by atoms with van der Waals surface area (Å²) in [5.74, 6) is 0. The van der Waals surface area contributed by atoms with Crippen molar-refractivity contribution in [3.8, 4) is 0 Å². The van der Waals surface area contributed by atoms with Crippen molar-refractivity contribution in [3.63, 3.8) is 0 Å². The second-order valence-electron chi connectivity index (χ2n) is 3.41. The van der Waals surface area contributed by atoms with Gasteiger partial charge in [-0.3, -0.25) is 0 Å². The Kier molecular flexibility index (Phi) is 4.28. The Morgan fingerprint density at radius 3 is 1.86 bits per heavy atom. The standard InChI is InChI=1S/C9H19NO4/c1-5-6(11-2)7(12-3)8(13-4)9(10)14-5/h5-9H,10H2,1-4H3/t5-,6-,7+,8+,9+/m0/s1. The van der Waals surface area contributed by atoms with Crippen LogP contribution < -0.4 is 5.73 Å². The van der Waals surface area contributed by atoms with Gasteiger partial charge in [-0.05, 0) is 6.92 Å². The van der Waals surface area contributed by atoms with Gasteiger partial charge < -0.3 is 24.7 Å². The summed E-state index contributed by atoms with van der Waals surface area (Å²) in [6.45, 7) is 1.91. The van der Waals surface area contributed by atoms with E-state index in [1.54, 1.807) is 21.3 Å². The van der Waals surface area contributed by atoms with Crippen LogP contribution in [0.2, 0.25) is 0 Å². The molecular formula is C9H19NO4. The second kappa shape index (κ2) is 5.04. The third-order valence-corrected chi connectivity index (χ3v) is 2.62. The highest BCUT2D eigenvalue weighted by Gasteiger charge is 2.43. The summed E-state index contributed by atoms with van der Waals surface area (Å²) in [5, 5.41) is 0. The van der Waals surface area contributed by atoms with Crippen LogP contribution in [0.1, 0.15) is 6.92 Å². The molecule has 0 aliphatic carbocycles. The van der Waals surface area contributed by atoms with Gasteiger partial charge in [0.2, 0.25) is 0 Å². The Bertz CT molecular complexity index is 162. The Balaban J connectivity index is 2.76. The molecule has 1 saturated heterocycles. The van der Waals surface area contributed by atoms with Gasteiger partial charge >= 0.3 is 0 Å². The minimum atomic E-state index is -0.466. The Labute approximate surface area is 84.4 Å². The first-order valence-electron chi connectivity index (χ1n) is 4.65. The smallest absolute Gasteiger partial charge is 0.135 e. The molecule has 0 unspecified atom stereocenters. The highest BCUT2D eigenvalue weighted by molar-refractivity contribution is 4.91. The van der Waals surface area contributed by atoms with Crippen molar-refractivity contribution in [2.45, 2.75) is 37.6 Å². The van der Waals surface area contributed by atoms with Gasteiger partial charge in [0.15, 0.2) is 0 Å². The lowest BCUT2D eigenvalue weighted by Crippen LogP contribution is -2.61. The van der Waals surface area contributed by atoms with Crippen LogP contribution in [0.5, 0.6) is 0 Å². The quantitative estimate of drug-likeness (QED) is 0.687. The molecule has 84 valence electrons. The first-order valence-corrected chi connectivity index (χ1v) is 4.65. The van der Waals surface area contributed by atoms with Gasteiger partial charge in [0, 0.05) is 21.3 Å². The summed E-state index contributed by atoms with van der Waals surface area (Å²) < 4.78 is 21.3. The molecule has 5 atom stereocenters. The molecule has 14 heavy (non-hydrogen) atoms. The molecule has 0 aromatic carbocycles. The van der Waals surface area contributed by atoms with E-state index in [9.17, 15) is 0 Å². The summed E-state index contributed by atoms with van der Waals surface area (Å²) in [5.41, 5.74) is 5.78. The third kappa shape index (κ3) is 2.07. The molecular weight excluding hydrogens is 186 g/mol. The molecule has 0 amide bonds. The van der Waals surface area contributed by atoms with Crippen LogP contribution in [0.15, 0.2) is 0 Å². The zero-order valence-electron chi connectivity index (χ0n) is 9.10. The van der Waals surface area contributed by atoms with E-state index in [1.165, 1.54) is 0 Å². The van der Waals surface area contributed by atoms with Crippen LogP contribution in [-0.4, -0.2) is 52.0 Å². The molecule has 0 radical (unpaired) electrons. The van der Waals surface area contributed by atoms with Gasteiger partial charge in [0.05, 0.1) is 6.10 Å². The Morgan fingerprint density at radius 1 is 0.929 bits per heavy atom. The molecule has 1 rings (SSSR count). The van der Waals surface area contributed by atoms with Crippen molar-refractivity contribution in [3.05, 3.63) is 0 Å². The molecule has 5 heteroatoms. The molecule has 0 spiro atoms. The van der Waals surface area contributed by atoms with E-state index in [-0.39, 0.29) is 24.4 Å². The maximum atomic E-state index is 5.78. The van der Waals surface area contributed by atoms with E-state index >= 15 is 0 Å². The maximum Gasteiger partial charge on any atom is 0.135 e. The summed E-state index contributed by atoms with van der Waals surface area (Å²) in [7, 11) is 4.83. The largest absolute Gasteiger partial charge is 0.376 e. The fraction of sp³-hybridized carbons (Fsp3) is 1.00. The second-order valence-corrected chi connectivity index (χ2v) is 3.41. The highest BCUT2D eigenvalue weighted by Crippen LogP contribution is 2.24. The zero-order chi connectivity index (χ0) is 10.7. The molecule has 0 aromatic heterocycles. The molecule has 1 fully saturated rings. The van der Waals surface area contributed by atoms with Gasteiger partial charge in [-0.1, -0.05) is 0 Å². The van der Waals surface area contributed by atoms with Gasteiger partial charge in [-0.25, -0.2) is 0 Å². The van der Waals surface area contributed by atoms with E-state index in [4.69, 9.17) is 24.7 Å². The van der Waals surface area contributed by atoms with Gasteiger partial charge in [0.1, 0.15) is 24.5 Å². The lowest BCUT2D eigenvalue weighted by Gasteiger charge is -2.42. The molecule has 2 N–H and O–H groups in total. The zero-order valence-corrected chi connectivity index (χ0v) is 9.10. The molecule has 5 nitrogen and oxygen atoms in total. The van der Waals surface area contributed by atoms with Crippen LogP contribution in [0.3, 0.4) is 0 Å². The average Bonchev–Trinajstić information content (AvgIpc) is 2.16. The molecule has 0 saturated carbocycles. The predicted octanol–water partition coefficient (Wildman–Crippen LogP) is -0.265. The number of methoxy groups -OCH3 is 3. The van der Waals surface area contributed by atoms with Gasteiger partial charge in [-0.2, -0.15) is 0 Å². The van der Waals surface area contributed by atoms with Crippen molar-refractivity contribution in [1.29, 1.82) is 0 Å². The van der Waals surface area contributed by atoms with E-state index in [1.807, 2.05) is 6.92 Å². The number of hydrogen-bond acceptors (Lipinski definition) is 5. The Morgan fingerprint density at radius 2 is 1.43 bits per heavy atom. The van der Waals surface area contributed by atoms with E-state index in [0.29, 0.717) is 0 Å². The number of rotatable bonds is 3. The van der Waals surface area contributed by atoms with Crippen LogP contribution in [-0.2, 0) is 18.9 Å². The summed E-state index contributed by atoms with van der Waals surface area (Å²) in [6, 6.07) is 0. The maximum absolute atomic E-state index is 5.78. The van der Waals surface area contributed by atoms with Crippen molar-refractivity contribution >= 4 is 0 Å². The van der Waals surface area contributed by atoms with Crippen molar-refractivity contribution < 1.29 is 18.9 Å². The fourth-order valence-electron chi connectivity index (χ4n) is 1.91. The fourth-order valence-corrected chi connectivity index (χ4v) is 1.91. The van der Waals surface area contributed by atoms with Gasteiger partial charge in [0.25, 0.3) is 0 Å². The number of ether oxygens (including phenoxy) is 4. The minimum absolute atomic E-state index is 0.0913. The normalized spacial score (nSPS) is 43.9. The lowest BCUT2D eigenvalue weighted by molar-refractivity contribution is -0.236. The molecule has 1 aliphatic rings. The minimum Gasteiger partial charge on any atom is -0.376 e. The van der Waals surface area contributed by atoms with Crippen LogP contribution in [0.4, 0.5) is 0 Å². The Hall–Kier alpha value is -0.200. The molecule has 1 aliphatic heterocycles. The van der Waals surface area contributed by atoms with Crippen LogP contribution in [0.25, 0.3) is 0 Å². The molecule has 1 heterocycles. The topological polar surface area (TPSA) is 62.9 Å². The van der Waals surface area contributed by atoms with Crippen LogP contribution >= 0.6 is 0 Å². The van der Waals surface area contributed by atoms with Crippen molar-refractivity contribution in [2.75, 3.05) is 21.3 Å². The van der Waals surface area contributed by atoms with E-state index < -0.39 is 6.23 Å². The average molecular weight is 205 g/mol. The van der Waals surface area contributed by atoms with Crippen LogP contribution in [0, 0.1) is 0 Å². The van der Waals surface area contributed by atoms with Crippen molar-refractivity contribution in [2.24, 2.45) is 5.73 Å². The molecule has 0 bridgehead atoms. The lowest BCUT2D eigenvalue weighted by atomic mass is 9.98. The summed E-state index contributed by atoms with van der Waals surface area (Å²) in [4.78, 5) is 0. The highest BCUT2D eigenvalue weighted by atomic mass is 16.6. The number of nitrogens with two attached hydrogens (primary N) is 1. The van der Waals surface area contributed by atoms with Gasteiger partial charge in [-0.15, -0.1) is 0 Å². The van der Waals surface area contributed by atoms with E-state index in [0.717, 1.165) is 0 Å².